The standard InChI is InChI=1S/C12H15F2NO4S/c1-7(2)10(12(16)19-3)15-20(17,18)11-8(13)5-4-6-9(11)14/h4-7,10,15H,1-3H3/t10-/m0/s1. The molecular weight excluding hydrogens is 292 g/mol. The second-order valence-corrected chi connectivity index (χ2v) is 6.07. The number of rotatable bonds is 5. The number of benzene rings is 1. The zero-order valence-corrected chi connectivity index (χ0v) is 12.0. The van der Waals surface area contributed by atoms with E-state index in [1.54, 1.807) is 13.8 Å². The Morgan fingerprint density at radius 1 is 1.25 bits per heavy atom. The molecule has 1 N–H and O–H groups in total. The zero-order chi connectivity index (χ0) is 15.5. The monoisotopic (exact) mass is 307 g/mol. The molecular formula is C12H15F2NO4S. The molecule has 20 heavy (non-hydrogen) atoms. The third-order valence-corrected chi connectivity index (χ3v) is 4.08. The Bertz CT molecular complexity index is 581. The third-order valence-electron chi connectivity index (χ3n) is 2.59. The Balaban J connectivity index is 3.20. The number of hydrogen-bond donors (Lipinski definition) is 1. The van der Waals surface area contributed by atoms with Crippen LogP contribution < -0.4 is 4.72 Å². The highest BCUT2D eigenvalue weighted by molar-refractivity contribution is 7.89. The SMILES string of the molecule is COC(=O)[C@@H](NS(=O)(=O)c1c(F)cccc1F)C(C)C. The van der Waals surface area contributed by atoms with Gasteiger partial charge in [-0.05, 0) is 18.1 Å². The highest BCUT2D eigenvalue weighted by Gasteiger charge is 2.32. The van der Waals surface area contributed by atoms with E-state index in [2.05, 4.69) is 4.74 Å². The predicted molar refractivity (Wildman–Crippen MR) is 67.3 cm³/mol. The summed E-state index contributed by atoms with van der Waals surface area (Å²) in [5, 5.41) is 0. The van der Waals surface area contributed by atoms with Gasteiger partial charge in [-0.3, -0.25) is 4.79 Å². The maximum atomic E-state index is 13.5. The van der Waals surface area contributed by atoms with Crippen LogP contribution in [-0.2, 0) is 19.6 Å². The summed E-state index contributed by atoms with van der Waals surface area (Å²) in [6.45, 7) is 3.14. The van der Waals surface area contributed by atoms with Crippen molar-refractivity contribution in [3.63, 3.8) is 0 Å². The Morgan fingerprint density at radius 2 is 1.75 bits per heavy atom. The largest absolute Gasteiger partial charge is 0.468 e. The maximum absolute atomic E-state index is 13.5. The van der Waals surface area contributed by atoms with Crippen molar-refractivity contribution in [1.29, 1.82) is 0 Å². The van der Waals surface area contributed by atoms with Crippen LogP contribution in [0.2, 0.25) is 0 Å². The van der Waals surface area contributed by atoms with E-state index in [0.717, 1.165) is 25.3 Å². The Morgan fingerprint density at radius 3 is 2.15 bits per heavy atom. The van der Waals surface area contributed by atoms with E-state index in [0.29, 0.717) is 0 Å². The summed E-state index contributed by atoms with van der Waals surface area (Å²) in [5.41, 5.74) is 0. The second-order valence-electron chi connectivity index (χ2n) is 4.42. The Labute approximate surface area is 116 Å². The average molecular weight is 307 g/mol. The van der Waals surface area contributed by atoms with Crippen molar-refractivity contribution < 1.29 is 26.7 Å². The van der Waals surface area contributed by atoms with Gasteiger partial charge in [0.15, 0.2) is 4.90 Å². The van der Waals surface area contributed by atoms with E-state index in [4.69, 9.17) is 0 Å². The van der Waals surface area contributed by atoms with E-state index in [-0.39, 0.29) is 0 Å². The molecule has 1 aromatic rings. The first-order chi connectivity index (χ1) is 9.20. The van der Waals surface area contributed by atoms with Crippen molar-refractivity contribution in [1.82, 2.24) is 4.72 Å². The summed E-state index contributed by atoms with van der Waals surface area (Å²) in [6, 6.07) is 1.45. The van der Waals surface area contributed by atoms with Gasteiger partial charge in [-0.15, -0.1) is 0 Å². The molecule has 5 nitrogen and oxygen atoms in total. The molecule has 0 unspecified atom stereocenters. The molecule has 112 valence electrons. The Kier molecular flexibility index (Phi) is 5.18. The Hall–Kier alpha value is -1.54. The van der Waals surface area contributed by atoms with Crippen LogP contribution in [0.1, 0.15) is 13.8 Å². The van der Waals surface area contributed by atoms with E-state index in [9.17, 15) is 22.0 Å². The lowest BCUT2D eigenvalue weighted by atomic mass is 10.1. The number of esters is 1. The lowest BCUT2D eigenvalue weighted by Crippen LogP contribution is -2.45. The number of nitrogens with one attached hydrogen (secondary N) is 1. The molecule has 1 atom stereocenters. The van der Waals surface area contributed by atoms with Gasteiger partial charge in [0.2, 0.25) is 10.0 Å². The molecule has 0 saturated carbocycles. The first kappa shape index (κ1) is 16.5. The fourth-order valence-corrected chi connectivity index (χ4v) is 3.02. The molecule has 0 aromatic heterocycles. The summed E-state index contributed by atoms with van der Waals surface area (Å²) in [6.07, 6.45) is 0. The van der Waals surface area contributed by atoms with E-state index >= 15 is 0 Å². The van der Waals surface area contributed by atoms with Crippen LogP contribution in [0.15, 0.2) is 23.1 Å². The molecule has 0 amide bonds. The van der Waals surface area contributed by atoms with Crippen LogP contribution in [0.4, 0.5) is 8.78 Å². The van der Waals surface area contributed by atoms with E-state index in [1.165, 1.54) is 0 Å². The molecule has 0 aliphatic carbocycles. The normalized spacial score (nSPS) is 13.3. The van der Waals surface area contributed by atoms with Gasteiger partial charge in [0.1, 0.15) is 17.7 Å². The summed E-state index contributed by atoms with van der Waals surface area (Å²) in [7, 11) is -3.43. The number of hydrogen-bond acceptors (Lipinski definition) is 4. The topological polar surface area (TPSA) is 72.5 Å². The summed E-state index contributed by atoms with van der Waals surface area (Å²) < 4.78 is 57.5. The highest BCUT2D eigenvalue weighted by Crippen LogP contribution is 2.19. The lowest BCUT2D eigenvalue weighted by Gasteiger charge is -2.20. The minimum absolute atomic E-state index is 0.452. The van der Waals surface area contributed by atoms with Crippen molar-refractivity contribution in [2.45, 2.75) is 24.8 Å². The molecule has 0 aliphatic rings. The van der Waals surface area contributed by atoms with Gasteiger partial charge >= 0.3 is 5.97 Å². The fraction of sp³-hybridized carbons (Fsp3) is 0.417. The molecule has 0 radical (unpaired) electrons. The van der Waals surface area contributed by atoms with Gasteiger partial charge in [0.25, 0.3) is 0 Å². The summed E-state index contributed by atoms with van der Waals surface area (Å²) >= 11 is 0. The van der Waals surface area contributed by atoms with Crippen molar-refractivity contribution in [2.24, 2.45) is 5.92 Å². The molecule has 0 saturated heterocycles. The van der Waals surface area contributed by atoms with Crippen molar-refractivity contribution in [3.8, 4) is 0 Å². The van der Waals surface area contributed by atoms with Gasteiger partial charge in [0, 0.05) is 0 Å². The maximum Gasteiger partial charge on any atom is 0.324 e. The number of halogens is 2. The highest BCUT2D eigenvalue weighted by atomic mass is 32.2. The quantitative estimate of drug-likeness (QED) is 0.836. The molecule has 0 aliphatic heterocycles. The smallest absolute Gasteiger partial charge is 0.324 e. The average Bonchev–Trinajstić information content (AvgIpc) is 2.34. The molecule has 0 fully saturated rings. The summed E-state index contributed by atoms with van der Waals surface area (Å²) in [4.78, 5) is 10.4. The van der Waals surface area contributed by atoms with Crippen LogP contribution in [0.5, 0.6) is 0 Å². The number of carbonyl (C=O) groups is 1. The van der Waals surface area contributed by atoms with Gasteiger partial charge in [-0.1, -0.05) is 19.9 Å². The first-order valence-corrected chi connectivity index (χ1v) is 7.23. The van der Waals surface area contributed by atoms with E-state index < -0.39 is 44.5 Å². The van der Waals surface area contributed by atoms with E-state index in [1.807, 2.05) is 4.72 Å². The molecule has 0 heterocycles. The molecule has 8 heteroatoms. The number of carbonyl (C=O) groups excluding carboxylic acids is 1. The minimum Gasteiger partial charge on any atom is -0.468 e. The predicted octanol–water partition coefficient (Wildman–Crippen LogP) is 1.44. The third kappa shape index (κ3) is 3.51. The van der Waals surface area contributed by atoms with Crippen LogP contribution in [0.3, 0.4) is 0 Å². The van der Waals surface area contributed by atoms with Crippen LogP contribution in [-0.4, -0.2) is 27.5 Å². The summed E-state index contributed by atoms with van der Waals surface area (Å²) in [5.74, 6) is -3.75. The van der Waals surface area contributed by atoms with Crippen molar-refractivity contribution in [3.05, 3.63) is 29.8 Å². The van der Waals surface area contributed by atoms with Gasteiger partial charge < -0.3 is 4.74 Å². The minimum atomic E-state index is -4.52. The second kappa shape index (κ2) is 6.27. The van der Waals surface area contributed by atoms with Gasteiger partial charge in [-0.2, -0.15) is 4.72 Å². The molecule has 0 bridgehead atoms. The van der Waals surface area contributed by atoms with Crippen LogP contribution in [0.25, 0.3) is 0 Å². The molecule has 1 rings (SSSR count). The van der Waals surface area contributed by atoms with Crippen LogP contribution >= 0.6 is 0 Å². The fourth-order valence-electron chi connectivity index (χ4n) is 1.55. The number of ether oxygens (including phenoxy) is 1. The lowest BCUT2D eigenvalue weighted by molar-refractivity contribution is -0.143. The first-order valence-electron chi connectivity index (χ1n) is 5.75. The van der Waals surface area contributed by atoms with Gasteiger partial charge in [0.05, 0.1) is 7.11 Å². The van der Waals surface area contributed by atoms with Crippen LogP contribution in [0, 0.1) is 17.6 Å². The van der Waals surface area contributed by atoms with Crippen molar-refractivity contribution >= 4 is 16.0 Å². The number of sulfonamides is 1. The zero-order valence-electron chi connectivity index (χ0n) is 11.2. The number of methoxy groups -OCH3 is 1. The van der Waals surface area contributed by atoms with Crippen molar-refractivity contribution in [2.75, 3.05) is 7.11 Å². The molecule has 1 aromatic carbocycles. The van der Waals surface area contributed by atoms with Gasteiger partial charge in [-0.25, -0.2) is 17.2 Å². The molecule has 0 spiro atoms.